The van der Waals surface area contributed by atoms with E-state index in [0.29, 0.717) is 4.90 Å². The number of carboxylic acid groups (broad SMARTS) is 1. The molecule has 180 valence electrons. The molecule has 2 aromatic carbocycles. The van der Waals surface area contributed by atoms with Crippen LogP contribution >= 0.6 is 23.2 Å². The first-order valence-electron chi connectivity index (χ1n) is 10.0. The van der Waals surface area contributed by atoms with Crippen LogP contribution in [0.4, 0.5) is 29.3 Å². The normalized spacial score (nSPS) is 24.0. The third-order valence-corrected chi connectivity index (χ3v) is 6.80. The number of likely N-dealkylation sites (tertiary alicyclic amines) is 1. The summed E-state index contributed by atoms with van der Waals surface area (Å²) in [7, 11) is 2.54. The fourth-order valence-corrected chi connectivity index (χ4v) is 5.41. The maximum Gasteiger partial charge on any atom is 0.408 e. The van der Waals surface area contributed by atoms with Crippen molar-refractivity contribution in [3.05, 3.63) is 58.1 Å². The van der Waals surface area contributed by atoms with Crippen LogP contribution in [0, 0.1) is 5.92 Å². The van der Waals surface area contributed by atoms with Gasteiger partial charge < -0.3 is 10.0 Å². The highest BCUT2D eigenvalue weighted by Crippen LogP contribution is 2.57. The minimum Gasteiger partial charge on any atom is -0.481 e. The molecule has 0 radical (unpaired) electrons. The molecule has 0 saturated carbocycles. The van der Waals surface area contributed by atoms with E-state index in [1.807, 2.05) is 0 Å². The molecule has 1 spiro atoms. The van der Waals surface area contributed by atoms with Crippen molar-refractivity contribution in [3.8, 4) is 0 Å². The lowest BCUT2D eigenvalue weighted by Gasteiger charge is -2.41. The SMILES string of the molecule is CN(C(=O)N1C(C(F)(F)F)CC(C(=O)O)C12C(=O)N(C)c1ccccc12)c1cc(Cl)cc(Cl)c1. The number of benzene rings is 2. The van der Waals surface area contributed by atoms with Crippen molar-refractivity contribution in [3.63, 3.8) is 0 Å². The number of anilines is 2. The maximum absolute atomic E-state index is 14.3. The number of fused-ring (bicyclic) bond motifs is 2. The third kappa shape index (κ3) is 3.39. The molecule has 2 aromatic rings. The van der Waals surface area contributed by atoms with E-state index in [0.717, 1.165) is 9.80 Å². The van der Waals surface area contributed by atoms with Crippen LogP contribution in [0.3, 0.4) is 0 Å². The van der Waals surface area contributed by atoms with Gasteiger partial charge in [0.1, 0.15) is 6.04 Å². The molecule has 3 unspecified atom stereocenters. The van der Waals surface area contributed by atoms with Gasteiger partial charge in [-0.25, -0.2) is 4.79 Å². The molecule has 3 amide bonds. The predicted molar refractivity (Wildman–Crippen MR) is 119 cm³/mol. The van der Waals surface area contributed by atoms with Crippen LogP contribution in [0.5, 0.6) is 0 Å². The Labute approximate surface area is 202 Å². The van der Waals surface area contributed by atoms with E-state index < -0.39 is 48.0 Å². The first-order chi connectivity index (χ1) is 15.8. The topological polar surface area (TPSA) is 81.2 Å². The standard InChI is InChI=1S/C22H18Cl2F3N3O4/c1-28(13-8-11(23)7-12(24)9-13)20(34)30-17(22(25,26)27)10-15(18(31)32)21(30)14-5-3-4-6-16(14)29(2)19(21)33/h3-9,15,17H,10H2,1-2H3,(H,31,32). The number of rotatable bonds is 2. The molecule has 2 aliphatic heterocycles. The van der Waals surface area contributed by atoms with Gasteiger partial charge >= 0.3 is 18.2 Å². The number of nitrogens with zero attached hydrogens (tertiary/aromatic N) is 3. The summed E-state index contributed by atoms with van der Waals surface area (Å²) in [4.78, 5) is 41.9. The molecule has 3 atom stereocenters. The van der Waals surface area contributed by atoms with Gasteiger partial charge in [0, 0.05) is 41.1 Å². The molecule has 1 saturated heterocycles. The van der Waals surface area contributed by atoms with Crippen LogP contribution in [-0.2, 0) is 15.1 Å². The highest BCUT2D eigenvalue weighted by molar-refractivity contribution is 6.35. The second kappa shape index (κ2) is 8.06. The summed E-state index contributed by atoms with van der Waals surface area (Å²) >= 11 is 12.0. The lowest BCUT2D eigenvalue weighted by atomic mass is 9.79. The Balaban J connectivity index is 1.97. The van der Waals surface area contributed by atoms with Gasteiger partial charge in [-0.05, 0) is 30.7 Å². The summed E-state index contributed by atoms with van der Waals surface area (Å²) in [5.74, 6) is -4.38. The van der Waals surface area contributed by atoms with Crippen LogP contribution in [-0.4, -0.2) is 54.2 Å². The van der Waals surface area contributed by atoms with Crippen molar-refractivity contribution in [2.75, 3.05) is 23.9 Å². The zero-order valence-electron chi connectivity index (χ0n) is 17.8. The molecule has 1 N–H and O–H groups in total. The number of urea groups is 1. The smallest absolute Gasteiger partial charge is 0.408 e. The van der Waals surface area contributed by atoms with Gasteiger partial charge in [-0.3, -0.25) is 19.4 Å². The minimum absolute atomic E-state index is 0.0209. The summed E-state index contributed by atoms with van der Waals surface area (Å²) < 4.78 is 42.8. The Morgan fingerprint density at radius 3 is 2.29 bits per heavy atom. The minimum atomic E-state index is -5.00. The van der Waals surface area contributed by atoms with Crippen molar-refractivity contribution in [1.82, 2.24) is 4.90 Å². The molecule has 1 fully saturated rings. The zero-order chi connectivity index (χ0) is 25.2. The van der Waals surface area contributed by atoms with Gasteiger partial charge in [0.25, 0.3) is 5.91 Å². The molecular weight excluding hydrogens is 498 g/mol. The van der Waals surface area contributed by atoms with E-state index in [1.165, 1.54) is 50.5 Å². The molecule has 7 nitrogen and oxygen atoms in total. The first kappa shape index (κ1) is 24.2. The molecule has 12 heteroatoms. The first-order valence-corrected chi connectivity index (χ1v) is 10.8. The molecular formula is C22H18Cl2F3N3O4. The zero-order valence-corrected chi connectivity index (χ0v) is 19.3. The van der Waals surface area contributed by atoms with E-state index in [-0.39, 0.29) is 27.0 Å². The van der Waals surface area contributed by atoms with Gasteiger partial charge in [-0.1, -0.05) is 41.4 Å². The number of alkyl halides is 3. The molecule has 2 aliphatic rings. The quantitative estimate of drug-likeness (QED) is 0.625. The fraction of sp³-hybridized carbons (Fsp3) is 0.318. The monoisotopic (exact) mass is 515 g/mol. The number of amides is 3. The van der Waals surface area contributed by atoms with Crippen molar-refractivity contribution in [1.29, 1.82) is 0 Å². The van der Waals surface area contributed by atoms with E-state index >= 15 is 0 Å². The molecule has 34 heavy (non-hydrogen) atoms. The highest BCUT2D eigenvalue weighted by atomic mass is 35.5. The van der Waals surface area contributed by atoms with Crippen LogP contribution in [0.25, 0.3) is 0 Å². The van der Waals surface area contributed by atoms with E-state index in [1.54, 1.807) is 6.07 Å². The Hall–Kier alpha value is -2.98. The van der Waals surface area contributed by atoms with Crippen molar-refractivity contribution in [2.45, 2.75) is 24.2 Å². The van der Waals surface area contributed by atoms with Crippen molar-refractivity contribution < 1.29 is 32.7 Å². The Bertz CT molecular complexity index is 1190. The molecule has 4 rings (SSSR count). The second-order valence-corrected chi connectivity index (χ2v) is 9.04. The van der Waals surface area contributed by atoms with Gasteiger partial charge in [0.2, 0.25) is 0 Å². The molecule has 0 aromatic heterocycles. The second-order valence-electron chi connectivity index (χ2n) is 8.17. The highest BCUT2D eigenvalue weighted by Gasteiger charge is 2.72. The summed E-state index contributed by atoms with van der Waals surface area (Å²) in [6, 6.07) is 6.20. The fourth-order valence-electron chi connectivity index (χ4n) is 4.90. The third-order valence-electron chi connectivity index (χ3n) is 6.37. The van der Waals surface area contributed by atoms with E-state index in [2.05, 4.69) is 0 Å². The maximum atomic E-state index is 14.3. The van der Waals surface area contributed by atoms with Gasteiger partial charge in [0.15, 0.2) is 5.54 Å². The summed E-state index contributed by atoms with van der Waals surface area (Å²) in [6.45, 7) is 0. The molecule has 0 aliphatic carbocycles. The van der Waals surface area contributed by atoms with Gasteiger partial charge in [-0.2, -0.15) is 13.2 Å². The number of likely N-dealkylation sites (N-methyl/N-ethyl adjacent to an activating group) is 1. The number of hydrogen-bond donors (Lipinski definition) is 1. The number of para-hydroxylation sites is 1. The summed E-state index contributed by atoms with van der Waals surface area (Å²) in [5.41, 5.74) is -2.07. The Morgan fingerprint density at radius 1 is 1.15 bits per heavy atom. The number of aliphatic carboxylic acids is 1. The van der Waals surface area contributed by atoms with Gasteiger partial charge in [-0.15, -0.1) is 0 Å². The summed E-state index contributed by atoms with van der Waals surface area (Å²) in [5, 5.41) is 10.2. The average Bonchev–Trinajstić information content (AvgIpc) is 3.23. The number of carbonyl (C=O) groups is 3. The Kier molecular flexibility index (Phi) is 5.72. The van der Waals surface area contributed by atoms with Gasteiger partial charge in [0.05, 0.1) is 5.92 Å². The van der Waals surface area contributed by atoms with Crippen LogP contribution in [0.1, 0.15) is 12.0 Å². The molecule has 2 heterocycles. The number of halogens is 5. The van der Waals surface area contributed by atoms with Crippen molar-refractivity contribution >= 4 is 52.5 Å². The van der Waals surface area contributed by atoms with Crippen LogP contribution < -0.4 is 9.80 Å². The van der Waals surface area contributed by atoms with Crippen LogP contribution in [0.2, 0.25) is 10.0 Å². The Morgan fingerprint density at radius 2 is 1.74 bits per heavy atom. The lowest BCUT2D eigenvalue weighted by molar-refractivity contribution is -0.176. The predicted octanol–water partition coefficient (Wildman–Crippen LogP) is 4.76. The van der Waals surface area contributed by atoms with E-state index in [4.69, 9.17) is 23.2 Å². The number of carboxylic acids is 1. The number of carbonyl (C=O) groups excluding carboxylic acids is 2. The van der Waals surface area contributed by atoms with Crippen LogP contribution in [0.15, 0.2) is 42.5 Å². The molecule has 0 bridgehead atoms. The van der Waals surface area contributed by atoms with Crippen molar-refractivity contribution in [2.24, 2.45) is 5.92 Å². The summed E-state index contributed by atoms with van der Waals surface area (Å²) in [6.07, 6.45) is -5.99. The van der Waals surface area contributed by atoms with E-state index in [9.17, 15) is 32.7 Å². The average molecular weight is 516 g/mol. The lowest BCUT2D eigenvalue weighted by Crippen LogP contribution is -2.62. The largest absolute Gasteiger partial charge is 0.481 e. The number of hydrogen-bond acceptors (Lipinski definition) is 3.